The molecular formula is C23H38O5. The Morgan fingerprint density at radius 3 is 2.21 bits per heavy atom. The minimum atomic E-state index is -0.801. The van der Waals surface area contributed by atoms with Crippen LogP contribution in [0.15, 0.2) is 36.5 Å². The lowest BCUT2D eigenvalue weighted by molar-refractivity contribution is -0.153. The van der Waals surface area contributed by atoms with Crippen LogP contribution in [0, 0.1) is 0 Å². The number of esters is 1. The lowest BCUT2D eigenvalue weighted by Gasteiger charge is -2.11. The van der Waals surface area contributed by atoms with Crippen LogP contribution in [0.5, 0.6) is 0 Å². The van der Waals surface area contributed by atoms with Crippen LogP contribution >= 0.6 is 0 Å². The summed E-state index contributed by atoms with van der Waals surface area (Å²) in [6, 6.07) is 0. The highest BCUT2D eigenvalue weighted by atomic mass is 16.6. The number of hydrogen-bond acceptors (Lipinski definition) is 5. The fraction of sp³-hybridized carbons (Fsp3) is 0.696. The van der Waals surface area contributed by atoms with Gasteiger partial charge in [0.05, 0.1) is 25.4 Å². The Balaban J connectivity index is 1.95. The van der Waals surface area contributed by atoms with E-state index in [1.54, 1.807) is 0 Å². The quantitative estimate of drug-likeness (QED) is 0.167. The Morgan fingerprint density at radius 1 is 0.929 bits per heavy atom. The third kappa shape index (κ3) is 12.9. The molecule has 1 heterocycles. The van der Waals surface area contributed by atoms with Crippen molar-refractivity contribution in [2.75, 3.05) is 13.2 Å². The van der Waals surface area contributed by atoms with Crippen molar-refractivity contribution in [3.05, 3.63) is 36.5 Å². The number of unbranched alkanes of at least 4 members (excludes halogenated alkanes) is 4. The first-order valence-corrected chi connectivity index (χ1v) is 10.7. The number of aliphatic hydroxyl groups excluding tert-OH is 2. The van der Waals surface area contributed by atoms with Crippen molar-refractivity contribution in [2.24, 2.45) is 0 Å². The first kappa shape index (κ1) is 24.6. The molecule has 0 aromatic carbocycles. The molecule has 0 aromatic rings. The van der Waals surface area contributed by atoms with Gasteiger partial charge in [0.25, 0.3) is 0 Å². The van der Waals surface area contributed by atoms with Gasteiger partial charge >= 0.3 is 5.97 Å². The molecule has 160 valence electrons. The molecule has 0 amide bonds. The van der Waals surface area contributed by atoms with E-state index in [4.69, 9.17) is 19.7 Å². The Kier molecular flexibility index (Phi) is 14.5. The van der Waals surface area contributed by atoms with Gasteiger partial charge in [0.15, 0.2) is 0 Å². The van der Waals surface area contributed by atoms with Gasteiger partial charge in [-0.15, -0.1) is 0 Å². The zero-order chi connectivity index (χ0) is 20.5. The largest absolute Gasteiger partial charge is 0.457 e. The van der Waals surface area contributed by atoms with E-state index in [9.17, 15) is 4.79 Å². The molecule has 28 heavy (non-hydrogen) atoms. The fourth-order valence-corrected chi connectivity index (χ4v) is 2.81. The standard InChI is InChI=1S/C23H38O5/c1-2-3-4-5-9-12-15-21-22(28-21)16-13-10-7-6-8-11-14-17-23(26)27-20(18-24)19-25/h6,8-10,12-13,20-22,24-25H,2-5,7,11,14-19H2,1H3. The van der Waals surface area contributed by atoms with Crippen LogP contribution in [0.4, 0.5) is 0 Å². The van der Waals surface area contributed by atoms with Crippen molar-refractivity contribution < 1.29 is 24.5 Å². The molecule has 1 aliphatic rings. The highest BCUT2D eigenvalue weighted by Gasteiger charge is 2.35. The second-order valence-electron chi connectivity index (χ2n) is 7.20. The maximum absolute atomic E-state index is 11.5. The van der Waals surface area contributed by atoms with Gasteiger partial charge in [0, 0.05) is 6.42 Å². The summed E-state index contributed by atoms with van der Waals surface area (Å²) in [6.45, 7) is 1.53. The maximum atomic E-state index is 11.5. The normalized spacial score (nSPS) is 19.4. The van der Waals surface area contributed by atoms with Gasteiger partial charge in [-0.05, 0) is 44.9 Å². The number of carbonyl (C=O) groups excluding carboxylic acids is 1. The van der Waals surface area contributed by atoms with Crippen LogP contribution < -0.4 is 0 Å². The second-order valence-corrected chi connectivity index (χ2v) is 7.20. The predicted octanol–water partition coefficient (Wildman–Crippen LogP) is 4.24. The van der Waals surface area contributed by atoms with E-state index in [0.717, 1.165) is 25.7 Å². The minimum Gasteiger partial charge on any atom is -0.457 e. The monoisotopic (exact) mass is 394 g/mol. The van der Waals surface area contributed by atoms with Crippen LogP contribution in [0.25, 0.3) is 0 Å². The van der Waals surface area contributed by atoms with E-state index in [1.165, 1.54) is 25.7 Å². The van der Waals surface area contributed by atoms with Crippen molar-refractivity contribution in [1.29, 1.82) is 0 Å². The predicted molar refractivity (Wildman–Crippen MR) is 112 cm³/mol. The zero-order valence-corrected chi connectivity index (χ0v) is 17.3. The molecule has 1 fully saturated rings. The molecule has 0 radical (unpaired) electrons. The molecule has 0 saturated carbocycles. The highest BCUT2D eigenvalue weighted by molar-refractivity contribution is 5.69. The first-order chi connectivity index (χ1) is 13.7. The number of rotatable bonds is 17. The van der Waals surface area contributed by atoms with Crippen LogP contribution in [0.3, 0.4) is 0 Å². The van der Waals surface area contributed by atoms with Gasteiger partial charge in [-0.2, -0.15) is 0 Å². The molecule has 2 N–H and O–H groups in total. The molecule has 2 unspecified atom stereocenters. The summed E-state index contributed by atoms with van der Waals surface area (Å²) < 4.78 is 10.6. The number of aliphatic hydroxyl groups is 2. The van der Waals surface area contributed by atoms with Gasteiger partial charge < -0.3 is 19.7 Å². The van der Waals surface area contributed by atoms with E-state index in [-0.39, 0.29) is 19.2 Å². The SMILES string of the molecule is CCCCCC=CCC1OC1CC=CCC=CCCCC(=O)OC(CO)CO. The highest BCUT2D eigenvalue weighted by Crippen LogP contribution is 2.29. The van der Waals surface area contributed by atoms with E-state index < -0.39 is 6.10 Å². The summed E-state index contributed by atoms with van der Waals surface area (Å²) in [4.78, 5) is 11.5. The third-order valence-electron chi connectivity index (χ3n) is 4.63. The van der Waals surface area contributed by atoms with Crippen molar-refractivity contribution in [1.82, 2.24) is 0 Å². The topological polar surface area (TPSA) is 79.3 Å². The lowest BCUT2D eigenvalue weighted by Crippen LogP contribution is -2.25. The summed E-state index contributed by atoms with van der Waals surface area (Å²) in [5.41, 5.74) is 0. The van der Waals surface area contributed by atoms with Crippen molar-refractivity contribution in [3.63, 3.8) is 0 Å². The van der Waals surface area contributed by atoms with E-state index >= 15 is 0 Å². The molecule has 1 aliphatic heterocycles. The molecule has 5 heteroatoms. The van der Waals surface area contributed by atoms with Crippen molar-refractivity contribution in [3.8, 4) is 0 Å². The minimum absolute atomic E-state index is 0.296. The third-order valence-corrected chi connectivity index (χ3v) is 4.63. The fourth-order valence-electron chi connectivity index (χ4n) is 2.81. The van der Waals surface area contributed by atoms with Crippen LogP contribution in [-0.2, 0) is 14.3 Å². The van der Waals surface area contributed by atoms with E-state index in [0.29, 0.717) is 25.0 Å². The van der Waals surface area contributed by atoms with Gasteiger partial charge in [-0.3, -0.25) is 4.79 Å². The van der Waals surface area contributed by atoms with Crippen LogP contribution in [0.1, 0.15) is 71.1 Å². The number of ether oxygens (including phenoxy) is 2. The molecule has 1 saturated heterocycles. The second kappa shape index (κ2) is 16.5. The summed E-state index contributed by atoms with van der Waals surface area (Å²) in [6.07, 6.45) is 22.8. The summed E-state index contributed by atoms with van der Waals surface area (Å²) >= 11 is 0. The zero-order valence-electron chi connectivity index (χ0n) is 17.3. The molecule has 0 spiro atoms. The van der Waals surface area contributed by atoms with Crippen molar-refractivity contribution >= 4 is 5.97 Å². The molecule has 0 aliphatic carbocycles. The molecule has 5 nitrogen and oxygen atoms in total. The summed E-state index contributed by atoms with van der Waals surface area (Å²) in [7, 11) is 0. The average molecular weight is 395 g/mol. The number of carbonyl (C=O) groups is 1. The van der Waals surface area contributed by atoms with Crippen molar-refractivity contribution in [2.45, 2.75) is 89.4 Å². The Labute approximate surface area is 170 Å². The number of epoxide rings is 1. The van der Waals surface area contributed by atoms with Crippen LogP contribution in [-0.4, -0.2) is 47.7 Å². The van der Waals surface area contributed by atoms with Gasteiger partial charge in [-0.1, -0.05) is 56.2 Å². The Morgan fingerprint density at radius 2 is 1.54 bits per heavy atom. The average Bonchev–Trinajstić information content (AvgIpc) is 3.45. The molecule has 2 atom stereocenters. The Hall–Kier alpha value is -1.43. The number of allylic oxidation sites excluding steroid dienone is 4. The lowest BCUT2D eigenvalue weighted by atomic mass is 10.1. The smallest absolute Gasteiger partial charge is 0.306 e. The Bertz CT molecular complexity index is 479. The van der Waals surface area contributed by atoms with Gasteiger partial charge in [-0.25, -0.2) is 0 Å². The van der Waals surface area contributed by atoms with Gasteiger partial charge in [0.1, 0.15) is 6.10 Å². The van der Waals surface area contributed by atoms with E-state index in [2.05, 4.69) is 43.4 Å². The summed E-state index contributed by atoms with van der Waals surface area (Å²) in [5, 5.41) is 17.7. The summed E-state index contributed by atoms with van der Waals surface area (Å²) in [5.74, 6) is -0.379. The van der Waals surface area contributed by atoms with E-state index in [1.807, 2.05) is 0 Å². The molecular weight excluding hydrogens is 356 g/mol. The first-order valence-electron chi connectivity index (χ1n) is 10.7. The molecule has 1 rings (SSSR count). The number of hydrogen-bond donors (Lipinski definition) is 2. The molecule has 0 aromatic heterocycles. The van der Waals surface area contributed by atoms with Crippen LogP contribution in [0.2, 0.25) is 0 Å². The van der Waals surface area contributed by atoms with Gasteiger partial charge in [0.2, 0.25) is 0 Å². The molecule has 0 bridgehead atoms. The maximum Gasteiger partial charge on any atom is 0.306 e.